The normalized spacial score (nSPS) is 16.6. The molecule has 3 rings (SSSR count). The topological polar surface area (TPSA) is 58.4 Å². The number of rotatable bonds is 6. The van der Waals surface area contributed by atoms with Crippen LogP contribution in [0, 0.1) is 6.92 Å². The Morgan fingerprint density at radius 1 is 1.48 bits per heavy atom. The highest BCUT2D eigenvalue weighted by Crippen LogP contribution is 2.25. The minimum absolute atomic E-state index is 0.0320. The van der Waals surface area contributed by atoms with E-state index < -0.39 is 0 Å². The minimum Gasteiger partial charge on any atom is -0.468 e. The van der Waals surface area contributed by atoms with Gasteiger partial charge in [0.25, 0.3) is 5.91 Å². The molecule has 124 valence electrons. The number of nitrogens with zero attached hydrogens (tertiary/aromatic N) is 2. The largest absolute Gasteiger partial charge is 0.468 e. The standard InChI is InChI=1S/C17H23N3O2S/c1-3-15-19-12(2)16(23-15)17(21)18-11-13(14-7-6-10-22-14)20-8-4-5-9-20/h6-7,10,13H,3-5,8-9,11H2,1-2H3,(H,18,21)/t13-/m1/s1. The van der Waals surface area contributed by atoms with Crippen molar-refractivity contribution in [3.05, 3.63) is 39.7 Å². The number of nitrogens with one attached hydrogen (secondary N) is 1. The average molecular weight is 333 g/mol. The zero-order valence-corrected chi connectivity index (χ0v) is 14.5. The van der Waals surface area contributed by atoms with Gasteiger partial charge in [0, 0.05) is 6.54 Å². The maximum absolute atomic E-state index is 12.5. The van der Waals surface area contributed by atoms with Crippen molar-refractivity contribution in [3.8, 4) is 0 Å². The Labute approximate surface area is 140 Å². The first-order valence-electron chi connectivity index (χ1n) is 8.21. The van der Waals surface area contributed by atoms with Gasteiger partial charge >= 0.3 is 0 Å². The fourth-order valence-electron chi connectivity index (χ4n) is 3.03. The quantitative estimate of drug-likeness (QED) is 0.882. The summed E-state index contributed by atoms with van der Waals surface area (Å²) in [4.78, 5) is 20.0. The van der Waals surface area contributed by atoms with Gasteiger partial charge in [-0.05, 0) is 51.4 Å². The lowest BCUT2D eigenvalue weighted by molar-refractivity contribution is 0.0937. The summed E-state index contributed by atoms with van der Waals surface area (Å²) in [5, 5.41) is 4.08. The highest BCUT2D eigenvalue weighted by Gasteiger charge is 2.26. The molecule has 1 fully saturated rings. The SMILES string of the molecule is CCc1nc(C)c(C(=O)NC[C@H](c2ccco2)N2CCCC2)s1. The number of carbonyl (C=O) groups excluding carboxylic acids is 1. The molecule has 1 N–H and O–H groups in total. The third kappa shape index (κ3) is 3.64. The Bertz CT molecular complexity index is 645. The van der Waals surface area contributed by atoms with Gasteiger partial charge in [-0.15, -0.1) is 11.3 Å². The van der Waals surface area contributed by atoms with E-state index in [-0.39, 0.29) is 11.9 Å². The molecule has 6 heteroatoms. The second kappa shape index (κ2) is 7.27. The maximum Gasteiger partial charge on any atom is 0.263 e. The number of carbonyl (C=O) groups is 1. The molecule has 0 spiro atoms. The molecule has 1 atom stereocenters. The summed E-state index contributed by atoms with van der Waals surface area (Å²) in [5.41, 5.74) is 0.820. The van der Waals surface area contributed by atoms with Crippen LogP contribution in [-0.2, 0) is 6.42 Å². The molecule has 1 aliphatic rings. The molecule has 5 nitrogen and oxygen atoms in total. The molecule has 0 aromatic carbocycles. The van der Waals surface area contributed by atoms with Crippen molar-refractivity contribution in [2.45, 2.75) is 39.2 Å². The minimum atomic E-state index is -0.0320. The third-order valence-electron chi connectivity index (χ3n) is 4.26. The molecule has 1 amide bonds. The predicted molar refractivity (Wildman–Crippen MR) is 90.8 cm³/mol. The first-order chi connectivity index (χ1) is 11.2. The molecule has 0 aliphatic carbocycles. The Morgan fingerprint density at radius 2 is 2.26 bits per heavy atom. The van der Waals surface area contributed by atoms with E-state index in [0.717, 1.165) is 40.8 Å². The van der Waals surface area contributed by atoms with Gasteiger partial charge < -0.3 is 9.73 Å². The second-order valence-corrected chi connectivity index (χ2v) is 6.94. The van der Waals surface area contributed by atoms with Gasteiger partial charge in [0.1, 0.15) is 10.6 Å². The maximum atomic E-state index is 12.5. The van der Waals surface area contributed by atoms with Crippen molar-refractivity contribution in [3.63, 3.8) is 0 Å². The van der Waals surface area contributed by atoms with E-state index in [2.05, 4.69) is 22.1 Å². The van der Waals surface area contributed by atoms with Crippen molar-refractivity contribution in [2.75, 3.05) is 19.6 Å². The lowest BCUT2D eigenvalue weighted by Crippen LogP contribution is -2.36. The van der Waals surface area contributed by atoms with E-state index in [9.17, 15) is 4.79 Å². The van der Waals surface area contributed by atoms with Crippen LogP contribution in [0.3, 0.4) is 0 Å². The number of furan rings is 1. The summed E-state index contributed by atoms with van der Waals surface area (Å²) >= 11 is 1.49. The summed E-state index contributed by atoms with van der Waals surface area (Å²) in [5.74, 6) is 0.887. The number of hydrogen-bond acceptors (Lipinski definition) is 5. The summed E-state index contributed by atoms with van der Waals surface area (Å²) < 4.78 is 5.59. The zero-order chi connectivity index (χ0) is 16.2. The van der Waals surface area contributed by atoms with Crippen LogP contribution in [0.1, 0.15) is 51.9 Å². The van der Waals surface area contributed by atoms with Crippen LogP contribution in [0.2, 0.25) is 0 Å². The lowest BCUT2D eigenvalue weighted by Gasteiger charge is -2.25. The van der Waals surface area contributed by atoms with Gasteiger partial charge in [0.15, 0.2) is 0 Å². The average Bonchev–Trinajstić information content (AvgIpc) is 3.29. The number of aromatic nitrogens is 1. The number of hydrogen-bond donors (Lipinski definition) is 1. The molecule has 0 radical (unpaired) electrons. The van der Waals surface area contributed by atoms with Gasteiger partial charge in [-0.2, -0.15) is 0 Å². The smallest absolute Gasteiger partial charge is 0.263 e. The summed E-state index contributed by atoms with van der Waals surface area (Å²) in [6.45, 7) is 6.63. The highest BCUT2D eigenvalue weighted by atomic mass is 32.1. The summed E-state index contributed by atoms with van der Waals surface area (Å²) in [6, 6.07) is 4.00. The second-order valence-electron chi connectivity index (χ2n) is 5.86. The van der Waals surface area contributed by atoms with Gasteiger partial charge in [-0.3, -0.25) is 9.69 Å². The lowest BCUT2D eigenvalue weighted by atomic mass is 10.2. The summed E-state index contributed by atoms with van der Waals surface area (Å²) in [6.07, 6.45) is 4.97. The van der Waals surface area contributed by atoms with Crippen molar-refractivity contribution in [1.29, 1.82) is 0 Å². The van der Waals surface area contributed by atoms with Crippen LogP contribution in [0.4, 0.5) is 0 Å². The van der Waals surface area contributed by atoms with Gasteiger partial charge in [0.05, 0.1) is 23.0 Å². The van der Waals surface area contributed by atoms with Crippen LogP contribution < -0.4 is 5.32 Å². The Hall–Kier alpha value is -1.66. The Balaban J connectivity index is 1.68. The van der Waals surface area contributed by atoms with E-state index in [1.54, 1.807) is 6.26 Å². The first-order valence-corrected chi connectivity index (χ1v) is 9.02. The monoisotopic (exact) mass is 333 g/mol. The molecular weight excluding hydrogens is 310 g/mol. The predicted octanol–water partition coefficient (Wildman–Crippen LogP) is 3.17. The third-order valence-corrected chi connectivity index (χ3v) is 5.56. The molecular formula is C17H23N3O2S. The van der Waals surface area contributed by atoms with Gasteiger partial charge in [0.2, 0.25) is 0 Å². The van der Waals surface area contributed by atoms with E-state index in [1.165, 1.54) is 24.2 Å². The van der Waals surface area contributed by atoms with Crippen LogP contribution in [0.25, 0.3) is 0 Å². The van der Waals surface area contributed by atoms with E-state index in [0.29, 0.717) is 6.54 Å². The number of aryl methyl sites for hydroxylation is 2. The van der Waals surface area contributed by atoms with Crippen molar-refractivity contribution in [1.82, 2.24) is 15.2 Å². The van der Waals surface area contributed by atoms with E-state index in [1.807, 2.05) is 19.1 Å². The fraction of sp³-hybridized carbons (Fsp3) is 0.529. The number of amides is 1. The molecule has 0 bridgehead atoms. The van der Waals surface area contributed by atoms with E-state index in [4.69, 9.17) is 4.42 Å². The van der Waals surface area contributed by atoms with Crippen molar-refractivity contribution < 1.29 is 9.21 Å². The Kier molecular flexibility index (Phi) is 5.13. The zero-order valence-electron chi connectivity index (χ0n) is 13.7. The molecule has 1 saturated heterocycles. The molecule has 2 aromatic rings. The van der Waals surface area contributed by atoms with Crippen molar-refractivity contribution >= 4 is 17.2 Å². The van der Waals surface area contributed by atoms with Crippen molar-refractivity contribution in [2.24, 2.45) is 0 Å². The number of thiazole rings is 1. The fourth-order valence-corrected chi connectivity index (χ4v) is 3.95. The van der Waals surface area contributed by atoms with Gasteiger partial charge in [-0.25, -0.2) is 4.98 Å². The molecule has 1 aliphatic heterocycles. The molecule has 0 saturated carbocycles. The van der Waals surface area contributed by atoms with Crippen LogP contribution in [0.5, 0.6) is 0 Å². The molecule has 0 unspecified atom stereocenters. The van der Waals surface area contributed by atoms with Crippen LogP contribution in [-0.4, -0.2) is 35.4 Å². The van der Waals surface area contributed by atoms with Crippen LogP contribution >= 0.6 is 11.3 Å². The van der Waals surface area contributed by atoms with Gasteiger partial charge in [-0.1, -0.05) is 6.92 Å². The first kappa shape index (κ1) is 16.2. The summed E-state index contributed by atoms with van der Waals surface area (Å²) in [7, 11) is 0. The Morgan fingerprint density at radius 3 is 2.87 bits per heavy atom. The van der Waals surface area contributed by atoms with E-state index >= 15 is 0 Å². The highest BCUT2D eigenvalue weighted by molar-refractivity contribution is 7.13. The molecule has 2 aromatic heterocycles. The molecule has 23 heavy (non-hydrogen) atoms. The van der Waals surface area contributed by atoms with Crippen LogP contribution in [0.15, 0.2) is 22.8 Å². The number of likely N-dealkylation sites (tertiary alicyclic amines) is 1. The molecule has 3 heterocycles.